The number of carbonyl (C=O) groups is 1. The first-order valence-corrected chi connectivity index (χ1v) is 8.36. The topological polar surface area (TPSA) is 59.4 Å². The molecule has 128 valence electrons. The number of hydrogen-bond donors (Lipinski definition) is 1. The fourth-order valence-corrected chi connectivity index (χ4v) is 3.92. The van der Waals surface area contributed by atoms with Gasteiger partial charge in [0.1, 0.15) is 5.82 Å². The van der Waals surface area contributed by atoms with Gasteiger partial charge in [0.2, 0.25) is 0 Å². The van der Waals surface area contributed by atoms with E-state index in [1.165, 1.54) is 6.07 Å². The molecule has 4 nitrogen and oxygen atoms in total. The molecule has 3 rings (SSSR count). The predicted octanol–water partition coefficient (Wildman–Crippen LogP) is 3.99. The lowest BCUT2D eigenvalue weighted by atomic mass is 9.73. The van der Waals surface area contributed by atoms with Crippen LogP contribution < -0.4 is 0 Å². The largest absolute Gasteiger partial charge is 0.481 e. The molecule has 1 aliphatic carbocycles. The highest BCUT2D eigenvalue weighted by Crippen LogP contribution is 2.40. The zero-order valence-electron chi connectivity index (χ0n) is 13.7. The summed E-state index contributed by atoms with van der Waals surface area (Å²) in [6, 6.07) is 6.66. The smallest absolute Gasteiger partial charge is 0.309 e. The molecule has 5 heteroatoms. The molecule has 1 saturated carbocycles. The summed E-state index contributed by atoms with van der Waals surface area (Å²) in [7, 11) is 1.54. The molecule has 0 radical (unpaired) electrons. The van der Waals surface area contributed by atoms with Gasteiger partial charge in [-0.1, -0.05) is 0 Å². The number of carboxylic acids is 1. The molecule has 0 aliphatic heterocycles. The van der Waals surface area contributed by atoms with Gasteiger partial charge in [0.05, 0.1) is 18.0 Å². The van der Waals surface area contributed by atoms with E-state index in [0.29, 0.717) is 5.92 Å². The van der Waals surface area contributed by atoms with E-state index in [2.05, 4.69) is 4.98 Å². The maximum atomic E-state index is 13.6. The fraction of sp³-hybridized carbons (Fsp3) is 0.474. The van der Waals surface area contributed by atoms with Crippen LogP contribution in [0.2, 0.25) is 0 Å². The number of benzene rings is 1. The van der Waals surface area contributed by atoms with E-state index in [-0.39, 0.29) is 18.3 Å². The van der Waals surface area contributed by atoms with Crippen LogP contribution in [0.3, 0.4) is 0 Å². The molecule has 1 atom stereocenters. The zero-order valence-corrected chi connectivity index (χ0v) is 13.7. The Morgan fingerprint density at radius 2 is 2.08 bits per heavy atom. The lowest BCUT2D eigenvalue weighted by Gasteiger charge is -2.32. The minimum absolute atomic E-state index is 0.142. The third-order valence-corrected chi connectivity index (χ3v) is 5.18. The monoisotopic (exact) mass is 331 g/mol. The summed E-state index contributed by atoms with van der Waals surface area (Å²) in [5.41, 5.74) is 1.93. The number of rotatable bonds is 5. The number of pyridine rings is 1. The van der Waals surface area contributed by atoms with Crippen molar-refractivity contribution in [1.29, 1.82) is 0 Å². The number of nitrogens with zero attached hydrogens (tertiary/aromatic N) is 1. The summed E-state index contributed by atoms with van der Waals surface area (Å²) in [4.78, 5) is 15.7. The van der Waals surface area contributed by atoms with E-state index in [0.717, 1.165) is 42.1 Å². The van der Waals surface area contributed by atoms with Crippen molar-refractivity contribution < 1.29 is 19.0 Å². The maximum absolute atomic E-state index is 13.6. The van der Waals surface area contributed by atoms with Crippen LogP contribution in [0.1, 0.15) is 37.2 Å². The minimum atomic E-state index is -0.781. The van der Waals surface area contributed by atoms with Gasteiger partial charge in [-0.2, -0.15) is 0 Å². The van der Waals surface area contributed by atoms with Crippen molar-refractivity contribution in [2.24, 2.45) is 11.8 Å². The molecule has 1 aromatic heterocycles. The Balaban J connectivity index is 1.78. The van der Waals surface area contributed by atoms with E-state index >= 15 is 0 Å². The predicted molar refractivity (Wildman–Crippen MR) is 89.4 cm³/mol. The van der Waals surface area contributed by atoms with Crippen molar-refractivity contribution in [3.63, 3.8) is 0 Å². The second-order valence-electron chi connectivity index (χ2n) is 6.57. The SMILES string of the molecule is COCC(C(=O)O)[C@H]1CC[C@@H](c2ccnc3ccc(F)cc32)CC1. The van der Waals surface area contributed by atoms with Gasteiger partial charge < -0.3 is 9.84 Å². The number of hydrogen-bond acceptors (Lipinski definition) is 3. The van der Waals surface area contributed by atoms with E-state index in [4.69, 9.17) is 4.74 Å². The van der Waals surface area contributed by atoms with Gasteiger partial charge in [-0.15, -0.1) is 0 Å². The number of aliphatic carboxylic acids is 1. The highest BCUT2D eigenvalue weighted by Gasteiger charge is 2.32. The van der Waals surface area contributed by atoms with Crippen LogP contribution in [-0.4, -0.2) is 29.8 Å². The van der Waals surface area contributed by atoms with E-state index < -0.39 is 11.9 Å². The number of halogens is 1. The molecule has 0 spiro atoms. The summed E-state index contributed by atoms with van der Waals surface area (Å²) >= 11 is 0. The highest BCUT2D eigenvalue weighted by molar-refractivity contribution is 5.82. The van der Waals surface area contributed by atoms with Crippen molar-refractivity contribution >= 4 is 16.9 Å². The van der Waals surface area contributed by atoms with Gasteiger partial charge in [-0.25, -0.2) is 4.39 Å². The fourth-order valence-electron chi connectivity index (χ4n) is 3.92. The third kappa shape index (κ3) is 3.41. The lowest BCUT2D eigenvalue weighted by Crippen LogP contribution is -2.30. The van der Waals surface area contributed by atoms with Crippen LogP contribution in [0.4, 0.5) is 4.39 Å². The van der Waals surface area contributed by atoms with Crippen LogP contribution in [0.25, 0.3) is 10.9 Å². The van der Waals surface area contributed by atoms with Gasteiger partial charge in [-0.3, -0.25) is 9.78 Å². The average Bonchev–Trinajstić information content (AvgIpc) is 2.59. The molecule has 0 saturated heterocycles. The Hall–Kier alpha value is -2.01. The second-order valence-corrected chi connectivity index (χ2v) is 6.57. The van der Waals surface area contributed by atoms with Crippen molar-refractivity contribution in [2.45, 2.75) is 31.6 Å². The molecule has 24 heavy (non-hydrogen) atoms. The van der Waals surface area contributed by atoms with Gasteiger partial charge in [0.25, 0.3) is 0 Å². The maximum Gasteiger partial charge on any atom is 0.309 e. The van der Waals surface area contributed by atoms with Crippen molar-refractivity contribution in [1.82, 2.24) is 4.98 Å². The molecule has 1 heterocycles. The first-order chi connectivity index (χ1) is 11.6. The highest BCUT2D eigenvalue weighted by atomic mass is 19.1. The second kappa shape index (κ2) is 7.26. The Kier molecular flexibility index (Phi) is 5.09. The number of fused-ring (bicyclic) bond motifs is 1. The quantitative estimate of drug-likeness (QED) is 0.900. The molecule has 1 aliphatic rings. The van der Waals surface area contributed by atoms with E-state index in [9.17, 15) is 14.3 Å². The Morgan fingerprint density at radius 3 is 2.75 bits per heavy atom. The summed E-state index contributed by atoms with van der Waals surface area (Å²) < 4.78 is 18.7. The van der Waals surface area contributed by atoms with Crippen molar-refractivity contribution in [3.05, 3.63) is 41.8 Å². The van der Waals surface area contributed by atoms with Gasteiger partial charge >= 0.3 is 5.97 Å². The standard InChI is InChI=1S/C19H22FNO3/c1-24-11-17(19(22)23)13-4-2-12(3-5-13)15-8-9-21-18-7-6-14(20)10-16(15)18/h6-10,12-13,17H,2-5,11H2,1H3,(H,22,23)/t12-,13+,17?. The van der Waals surface area contributed by atoms with Gasteiger partial charge in [-0.05, 0) is 67.3 Å². The molecule has 0 bridgehead atoms. The molecular formula is C19H22FNO3. The number of methoxy groups -OCH3 is 1. The van der Waals surface area contributed by atoms with Gasteiger partial charge in [0.15, 0.2) is 0 Å². The number of ether oxygens (including phenoxy) is 1. The Labute approximate surface area is 140 Å². The van der Waals surface area contributed by atoms with Crippen molar-refractivity contribution in [3.8, 4) is 0 Å². The third-order valence-electron chi connectivity index (χ3n) is 5.18. The van der Waals surface area contributed by atoms with E-state index in [1.54, 1.807) is 25.4 Å². The summed E-state index contributed by atoms with van der Waals surface area (Å²) in [6.45, 7) is 0.258. The molecule has 1 unspecified atom stereocenters. The molecular weight excluding hydrogens is 309 g/mol. The van der Waals surface area contributed by atoms with Crippen LogP contribution >= 0.6 is 0 Å². The summed E-state index contributed by atoms with van der Waals surface area (Å²) in [5.74, 6) is -1.01. The first-order valence-electron chi connectivity index (χ1n) is 8.36. The van der Waals surface area contributed by atoms with Crippen LogP contribution in [-0.2, 0) is 9.53 Å². The van der Waals surface area contributed by atoms with Crippen LogP contribution in [0.5, 0.6) is 0 Å². The first kappa shape index (κ1) is 16.8. The molecule has 1 fully saturated rings. The molecule has 1 aromatic carbocycles. The molecule has 0 amide bonds. The van der Waals surface area contributed by atoms with Crippen molar-refractivity contribution in [2.75, 3.05) is 13.7 Å². The average molecular weight is 331 g/mol. The summed E-state index contributed by atoms with van der Waals surface area (Å²) in [5, 5.41) is 10.2. The number of aromatic nitrogens is 1. The minimum Gasteiger partial charge on any atom is -0.481 e. The van der Waals surface area contributed by atoms with Crippen LogP contribution in [0.15, 0.2) is 30.5 Å². The normalized spacial score (nSPS) is 22.4. The molecule has 2 aromatic rings. The molecule has 1 N–H and O–H groups in total. The summed E-state index contributed by atoms with van der Waals surface area (Å²) in [6.07, 6.45) is 5.29. The Bertz CT molecular complexity index is 726. The number of carboxylic acid groups (broad SMARTS) is 1. The lowest BCUT2D eigenvalue weighted by molar-refractivity contribution is -0.146. The van der Waals surface area contributed by atoms with E-state index in [1.807, 2.05) is 6.07 Å². The zero-order chi connectivity index (χ0) is 17.1. The van der Waals surface area contributed by atoms with Crippen LogP contribution in [0, 0.1) is 17.7 Å². The Morgan fingerprint density at radius 1 is 1.33 bits per heavy atom. The van der Waals surface area contributed by atoms with Gasteiger partial charge in [0, 0.05) is 18.7 Å².